The zero-order valence-electron chi connectivity index (χ0n) is 13.4. The second kappa shape index (κ2) is 6.41. The molecule has 120 valence electrons. The van der Waals surface area contributed by atoms with E-state index in [1.165, 1.54) is 0 Å². The van der Waals surface area contributed by atoms with Crippen molar-refractivity contribution in [3.63, 3.8) is 0 Å². The first-order valence-electron chi connectivity index (χ1n) is 8.11. The Morgan fingerprint density at radius 3 is 2.65 bits per heavy atom. The van der Waals surface area contributed by atoms with Gasteiger partial charge in [0.15, 0.2) is 0 Å². The number of rotatable bonds is 3. The van der Waals surface area contributed by atoms with Gasteiger partial charge in [-0.15, -0.1) is 0 Å². The molecule has 0 saturated carbocycles. The maximum absolute atomic E-state index is 12.8. The molecule has 2 amide bonds. The Bertz CT molecular complexity index is 736. The van der Waals surface area contributed by atoms with Crippen LogP contribution in [-0.4, -0.2) is 29.3 Å². The van der Waals surface area contributed by atoms with Gasteiger partial charge in [-0.2, -0.15) is 0 Å². The van der Waals surface area contributed by atoms with Gasteiger partial charge in [-0.3, -0.25) is 9.59 Å². The molecule has 0 aromatic heterocycles. The summed E-state index contributed by atoms with van der Waals surface area (Å²) in [7, 11) is 0. The average Bonchev–Trinajstić information content (AvgIpc) is 2.55. The van der Waals surface area contributed by atoms with Crippen molar-refractivity contribution in [1.29, 1.82) is 0 Å². The first-order chi connectivity index (χ1) is 11.1. The third-order valence-corrected chi connectivity index (χ3v) is 4.83. The Kier molecular flexibility index (Phi) is 4.33. The summed E-state index contributed by atoms with van der Waals surface area (Å²) in [5, 5.41) is 2.25. The molecule has 4 nitrogen and oxygen atoms in total. The summed E-state index contributed by atoms with van der Waals surface area (Å²) in [5.74, 6) is -0.456. The summed E-state index contributed by atoms with van der Waals surface area (Å²) in [5.41, 5.74) is 6.45. The molecule has 0 unspecified atom stereocenters. The van der Waals surface area contributed by atoms with E-state index in [2.05, 4.69) is 12.1 Å². The highest BCUT2D eigenvalue weighted by Crippen LogP contribution is 2.24. The molecule has 2 atom stereocenters. The van der Waals surface area contributed by atoms with Crippen LogP contribution in [0.5, 0.6) is 0 Å². The van der Waals surface area contributed by atoms with Crippen LogP contribution in [0.4, 0.5) is 0 Å². The third-order valence-electron chi connectivity index (χ3n) is 4.83. The first kappa shape index (κ1) is 15.5. The summed E-state index contributed by atoms with van der Waals surface area (Å²) in [6.07, 6.45) is 1.96. The van der Waals surface area contributed by atoms with Crippen molar-refractivity contribution in [1.82, 2.24) is 4.90 Å². The number of carbonyl (C=O) groups excluding carboxylic acids is 2. The van der Waals surface area contributed by atoms with Gasteiger partial charge in [-0.05, 0) is 36.1 Å². The van der Waals surface area contributed by atoms with E-state index < -0.39 is 0 Å². The smallest absolute Gasteiger partial charge is 0.227 e. The molecule has 1 aliphatic heterocycles. The molecule has 0 radical (unpaired) electrons. The standard InChI is InChI=1S/C19H22N2O2/c1-13-9-10-16(19(20)23)12-21(13)18(22)11-15-7-4-6-14-5-2-3-8-17(14)15/h2-8,13,16H,9-12H2,1H3,(H2,20,23)/t13-,16-/m0/s1. The minimum atomic E-state index is -0.306. The van der Waals surface area contributed by atoms with Crippen LogP contribution in [0, 0.1) is 5.92 Å². The van der Waals surface area contributed by atoms with E-state index in [0.717, 1.165) is 29.2 Å². The summed E-state index contributed by atoms with van der Waals surface area (Å²) < 4.78 is 0. The summed E-state index contributed by atoms with van der Waals surface area (Å²) >= 11 is 0. The quantitative estimate of drug-likeness (QED) is 0.946. The highest BCUT2D eigenvalue weighted by Gasteiger charge is 2.31. The number of nitrogens with two attached hydrogens (primary N) is 1. The zero-order valence-corrected chi connectivity index (χ0v) is 13.4. The fraction of sp³-hybridized carbons (Fsp3) is 0.368. The Morgan fingerprint density at radius 2 is 1.87 bits per heavy atom. The lowest BCUT2D eigenvalue weighted by Crippen LogP contribution is -2.49. The molecule has 0 bridgehead atoms. The zero-order chi connectivity index (χ0) is 16.4. The van der Waals surface area contributed by atoms with Crippen LogP contribution in [0.25, 0.3) is 10.8 Å². The van der Waals surface area contributed by atoms with E-state index in [1.807, 2.05) is 42.2 Å². The number of hydrogen-bond acceptors (Lipinski definition) is 2. The lowest BCUT2D eigenvalue weighted by Gasteiger charge is -2.37. The van der Waals surface area contributed by atoms with E-state index >= 15 is 0 Å². The number of likely N-dealkylation sites (tertiary alicyclic amines) is 1. The Morgan fingerprint density at radius 1 is 1.13 bits per heavy atom. The molecule has 1 aliphatic rings. The average molecular weight is 310 g/mol. The first-order valence-corrected chi connectivity index (χ1v) is 8.11. The van der Waals surface area contributed by atoms with Gasteiger partial charge in [0, 0.05) is 12.6 Å². The highest BCUT2D eigenvalue weighted by molar-refractivity contribution is 5.90. The second-order valence-electron chi connectivity index (χ2n) is 6.39. The van der Waals surface area contributed by atoms with Gasteiger partial charge in [0.05, 0.1) is 12.3 Å². The monoisotopic (exact) mass is 310 g/mol. The van der Waals surface area contributed by atoms with Crippen LogP contribution in [0.2, 0.25) is 0 Å². The summed E-state index contributed by atoms with van der Waals surface area (Å²) in [6, 6.07) is 14.3. The number of piperidine rings is 1. The number of carbonyl (C=O) groups is 2. The molecule has 2 aromatic rings. The Labute approximate surface area is 136 Å². The Balaban J connectivity index is 1.81. The molecule has 4 heteroatoms. The van der Waals surface area contributed by atoms with Gasteiger partial charge in [-0.25, -0.2) is 0 Å². The van der Waals surface area contributed by atoms with Crippen LogP contribution in [0.15, 0.2) is 42.5 Å². The molecule has 0 aliphatic carbocycles. The molecule has 1 saturated heterocycles. The van der Waals surface area contributed by atoms with Gasteiger partial charge in [0.25, 0.3) is 0 Å². The van der Waals surface area contributed by atoms with Crippen molar-refractivity contribution < 1.29 is 9.59 Å². The number of primary amides is 1. The molecule has 23 heavy (non-hydrogen) atoms. The van der Waals surface area contributed by atoms with Crippen LogP contribution in [0.3, 0.4) is 0 Å². The minimum Gasteiger partial charge on any atom is -0.369 e. The molecule has 1 fully saturated rings. The highest BCUT2D eigenvalue weighted by atomic mass is 16.2. The molecule has 3 rings (SSSR count). The molecule has 2 aromatic carbocycles. The lowest BCUT2D eigenvalue weighted by molar-refractivity contribution is -0.136. The van der Waals surface area contributed by atoms with Crippen molar-refractivity contribution in [3.8, 4) is 0 Å². The SMILES string of the molecule is C[C@H]1CC[C@H](C(N)=O)CN1C(=O)Cc1cccc2ccccc12. The van der Waals surface area contributed by atoms with Crippen molar-refractivity contribution in [2.45, 2.75) is 32.2 Å². The minimum absolute atomic E-state index is 0.0693. The van der Waals surface area contributed by atoms with Crippen molar-refractivity contribution in [2.75, 3.05) is 6.54 Å². The van der Waals surface area contributed by atoms with Crippen molar-refractivity contribution in [2.24, 2.45) is 11.7 Å². The van der Waals surface area contributed by atoms with Crippen LogP contribution >= 0.6 is 0 Å². The van der Waals surface area contributed by atoms with Crippen molar-refractivity contribution >= 4 is 22.6 Å². The largest absolute Gasteiger partial charge is 0.369 e. The summed E-state index contributed by atoms with van der Waals surface area (Å²) in [6.45, 7) is 2.48. The number of benzene rings is 2. The molecule has 1 heterocycles. The Hall–Kier alpha value is -2.36. The predicted molar refractivity (Wildman–Crippen MR) is 90.7 cm³/mol. The van der Waals surface area contributed by atoms with Gasteiger partial charge in [-0.1, -0.05) is 42.5 Å². The number of fused-ring (bicyclic) bond motifs is 1. The van der Waals surface area contributed by atoms with E-state index in [-0.39, 0.29) is 23.8 Å². The fourth-order valence-corrected chi connectivity index (χ4v) is 3.40. The topological polar surface area (TPSA) is 63.4 Å². The molecular weight excluding hydrogens is 288 g/mol. The summed E-state index contributed by atoms with van der Waals surface area (Å²) in [4.78, 5) is 26.0. The maximum atomic E-state index is 12.8. The molecule has 0 spiro atoms. The number of amides is 2. The van der Waals surface area contributed by atoms with E-state index in [0.29, 0.717) is 13.0 Å². The third kappa shape index (κ3) is 3.21. The number of nitrogens with zero attached hydrogens (tertiary/aromatic N) is 1. The van der Waals surface area contributed by atoms with Gasteiger partial charge >= 0.3 is 0 Å². The molecular formula is C19H22N2O2. The molecule has 2 N–H and O–H groups in total. The fourth-order valence-electron chi connectivity index (χ4n) is 3.40. The van der Waals surface area contributed by atoms with E-state index in [9.17, 15) is 9.59 Å². The second-order valence-corrected chi connectivity index (χ2v) is 6.39. The van der Waals surface area contributed by atoms with Crippen LogP contribution < -0.4 is 5.73 Å². The van der Waals surface area contributed by atoms with Gasteiger partial charge < -0.3 is 10.6 Å². The van der Waals surface area contributed by atoms with Crippen LogP contribution in [0.1, 0.15) is 25.3 Å². The van der Waals surface area contributed by atoms with Gasteiger partial charge in [0.2, 0.25) is 11.8 Å². The van der Waals surface area contributed by atoms with E-state index in [1.54, 1.807) is 0 Å². The van der Waals surface area contributed by atoms with Gasteiger partial charge in [0.1, 0.15) is 0 Å². The predicted octanol–water partition coefficient (Wildman–Crippen LogP) is 2.49. The van der Waals surface area contributed by atoms with Crippen molar-refractivity contribution in [3.05, 3.63) is 48.0 Å². The maximum Gasteiger partial charge on any atom is 0.227 e. The number of hydrogen-bond donors (Lipinski definition) is 1. The van der Waals surface area contributed by atoms with E-state index in [4.69, 9.17) is 5.73 Å². The normalized spacial score (nSPS) is 21.3. The van der Waals surface area contributed by atoms with Crippen LogP contribution in [-0.2, 0) is 16.0 Å². The lowest BCUT2D eigenvalue weighted by atomic mass is 9.92.